The first-order chi connectivity index (χ1) is 6.72. The molecule has 0 aliphatic carbocycles. The SMILES string of the molecule is O=c1[nH]ccn1[C@H]1C[C@@H](O)C(CO)O1. The predicted molar refractivity (Wildman–Crippen MR) is 46.7 cm³/mol. The number of aromatic amines is 1. The zero-order valence-corrected chi connectivity index (χ0v) is 7.46. The van der Waals surface area contributed by atoms with E-state index in [-0.39, 0.29) is 12.3 Å². The molecule has 2 heterocycles. The molecule has 1 aliphatic heterocycles. The van der Waals surface area contributed by atoms with Crippen LogP contribution in [-0.4, -0.2) is 38.6 Å². The van der Waals surface area contributed by atoms with Crippen LogP contribution in [0.4, 0.5) is 0 Å². The van der Waals surface area contributed by atoms with Crippen LogP contribution in [0.5, 0.6) is 0 Å². The van der Waals surface area contributed by atoms with Gasteiger partial charge in [-0.2, -0.15) is 0 Å². The van der Waals surface area contributed by atoms with Crippen LogP contribution >= 0.6 is 0 Å². The minimum absolute atomic E-state index is 0.239. The highest BCUT2D eigenvalue weighted by Crippen LogP contribution is 2.26. The smallest absolute Gasteiger partial charge is 0.327 e. The number of aromatic nitrogens is 2. The van der Waals surface area contributed by atoms with Gasteiger partial charge in [-0.3, -0.25) is 4.57 Å². The van der Waals surface area contributed by atoms with Crippen molar-refractivity contribution in [2.75, 3.05) is 6.61 Å². The van der Waals surface area contributed by atoms with E-state index in [1.54, 1.807) is 6.20 Å². The quantitative estimate of drug-likeness (QED) is 0.560. The van der Waals surface area contributed by atoms with E-state index < -0.39 is 18.4 Å². The third kappa shape index (κ3) is 1.47. The predicted octanol–water partition coefficient (Wildman–Crippen LogP) is -1.18. The Morgan fingerprint density at radius 2 is 2.50 bits per heavy atom. The summed E-state index contributed by atoms with van der Waals surface area (Å²) in [6.07, 6.45) is 1.58. The zero-order chi connectivity index (χ0) is 10.1. The molecule has 3 atom stereocenters. The summed E-state index contributed by atoms with van der Waals surface area (Å²) in [6, 6.07) is 0. The first-order valence-electron chi connectivity index (χ1n) is 4.42. The molecule has 0 saturated carbocycles. The van der Waals surface area contributed by atoms with Gasteiger partial charge >= 0.3 is 5.69 Å². The molecule has 0 spiro atoms. The molecule has 78 valence electrons. The second-order valence-corrected chi connectivity index (χ2v) is 3.29. The Bertz CT molecular complexity index is 358. The molecule has 2 rings (SSSR count). The molecule has 6 heteroatoms. The first-order valence-corrected chi connectivity index (χ1v) is 4.42. The molecule has 14 heavy (non-hydrogen) atoms. The average molecular weight is 200 g/mol. The molecule has 0 radical (unpaired) electrons. The number of imidazole rings is 1. The number of hydrogen-bond acceptors (Lipinski definition) is 4. The molecule has 0 aromatic carbocycles. The van der Waals surface area contributed by atoms with Crippen LogP contribution in [0.15, 0.2) is 17.2 Å². The van der Waals surface area contributed by atoms with Gasteiger partial charge in [0.2, 0.25) is 0 Å². The number of H-pyrrole nitrogens is 1. The molecule has 1 fully saturated rings. The Morgan fingerprint density at radius 3 is 3.00 bits per heavy atom. The zero-order valence-electron chi connectivity index (χ0n) is 7.46. The normalized spacial score (nSPS) is 32.3. The Morgan fingerprint density at radius 1 is 1.71 bits per heavy atom. The molecule has 1 saturated heterocycles. The summed E-state index contributed by atoms with van der Waals surface area (Å²) in [4.78, 5) is 13.7. The average Bonchev–Trinajstić information content (AvgIpc) is 2.71. The van der Waals surface area contributed by atoms with Gasteiger partial charge in [0.15, 0.2) is 0 Å². The second-order valence-electron chi connectivity index (χ2n) is 3.29. The van der Waals surface area contributed by atoms with Gasteiger partial charge in [0, 0.05) is 18.8 Å². The van der Waals surface area contributed by atoms with Gasteiger partial charge < -0.3 is 19.9 Å². The third-order valence-electron chi connectivity index (χ3n) is 2.37. The number of nitrogens with zero attached hydrogens (tertiary/aromatic N) is 1. The van der Waals surface area contributed by atoms with Gasteiger partial charge in [-0.15, -0.1) is 0 Å². The topological polar surface area (TPSA) is 87.5 Å². The van der Waals surface area contributed by atoms with Crippen molar-refractivity contribution >= 4 is 0 Å². The highest BCUT2D eigenvalue weighted by atomic mass is 16.5. The maximum atomic E-state index is 11.2. The van der Waals surface area contributed by atoms with Crippen molar-refractivity contribution in [3.63, 3.8) is 0 Å². The number of aliphatic hydroxyl groups excluding tert-OH is 2. The summed E-state index contributed by atoms with van der Waals surface area (Å²) in [7, 11) is 0. The molecular weight excluding hydrogens is 188 g/mol. The fourth-order valence-corrected chi connectivity index (χ4v) is 1.61. The summed E-state index contributed by atoms with van der Waals surface area (Å²) in [5.74, 6) is 0. The molecule has 1 unspecified atom stereocenters. The van der Waals surface area contributed by atoms with Gasteiger partial charge in [0.25, 0.3) is 0 Å². The number of rotatable bonds is 2. The summed E-state index contributed by atoms with van der Waals surface area (Å²) >= 11 is 0. The molecule has 1 aromatic rings. The summed E-state index contributed by atoms with van der Waals surface area (Å²) < 4.78 is 6.65. The third-order valence-corrected chi connectivity index (χ3v) is 2.37. The molecule has 1 aliphatic rings. The van der Waals surface area contributed by atoms with Gasteiger partial charge in [-0.25, -0.2) is 4.79 Å². The summed E-state index contributed by atoms with van der Waals surface area (Å²) in [5.41, 5.74) is -0.277. The Hall–Kier alpha value is -1.11. The van der Waals surface area contributed by atoms with E-state index in [0.29, 0.717) is 6.42 Å². The molecule has 1 aromatic heterocycles. The Kier molecular flexibility index (Phi) is 2.40. The number of nitrogens with one attached hydrogen (secondary N) is 1. The lowest BCUT2D eigenvalue weighted by Crippen LogP contribution is -2.25. The van der Waals surface area contributed by atoms with Crippen molar-refractivity contribution in [2.24, 2.45) is 0 Å². The van der Waals surface area contributed by atoms with E-state index in [9.17, 15) is 9.90 Å². The van der Waals surface area contributed by atoms with E-state index in [4.69, 9.17) is 9.84 Å². The fraction of sp³-hybridized carbons (Fsp3) is 0.625. The summed E-state index contributed by atoms with van der Waals surface area (Å²) in [6.45, 7) is -0.239. The maximum absolute atomic E-state index is 11.2. The van der Waals surface area contributed by atoms with E-state index in [1.165, 1.54) is 10.8 Å². The highest BCUT2D eigenvalue weighted by Gasteiger charge is 2.34. The monoisotopic (exact) mass is 200 g/mol. The fourth-order valence-electron chi connectivity index (χ4n) is 1.61. The molecule has 0 bridgehead atoms. The number of ether oxygens (including phenoxy) is 1. The van der Waals surface area contributed by atoms with Gasteiger partial charge in [0.1, 0.15) is 12.3 Å². The lowest BCUT2D eigenvalue weighted by atomic mass is 10.2. The van der Waals surface area contributed by atoms with E-state index >= 15 is 0 Å². The van der Waals surface area contributed by atoms with E-state index in [2.05, 4.69) is 4.98 Å². The van der Waals surface area contributed by atoms with Crippen LogP contribution in [0, 0.1) is 0 Å². The van der Waals surface area contributed by atoms with Crippen molar-refractivity contribution in [1.29, 1.82) is 0 Å². The molecule has 6 nitrogen and oxygen atoms in total. The van der Waals surface area contributed by atoms with Crippen molar-refractivity contribution in [3.8, 4) is 0 Å². The van der Waals surface area contributed by atoms with Gasteiger partial charge in [0.05, 0.1) is 12.7 Å². The van der Waals surface area contributed by atoms with Crippen molar-refractivity contribution < 1.29 is 14.9 Å². The Labute approximate surface area is 79.8 Å². The van der Waals surface area contributed by atoms with Crippen molar-refractivity contribution in [1.82, 2.24) is 9.55 Å². The molecule has 3 N–H and O–H groups in total. The minimum Gasteiger partial charge on any atom is -0.394 e. The van der Waals surface area contributed by atoms with Crippen molar-refractivity contribution in [2.45, 2.75) is 24.9 Å². The largest absolute Gasteiger partial charge is 0.394 e. The number of hydrogen-bond donors (Lipinski definition) is 3. The molecule has 0 amide bonds. The van der Waals surface area contributed by atoms with Gasteiger partial charge in [-0.1, -0.05) is 0 Å². The standard InChI is InChI=1S/C8H12N2O4/c11-4-6-5(12)3-7(14-6)10-2-1-9-8(10)13/h1-2,5-7,11-12H,3-4H2,(H,9,13)/t5-,6?,7-/m1/s1. The lowest BCUT2D eigenvalue weighted by Gasteiger charge is -2.11. The van der Waals surface area contributed by atoms with E-state index in [1.807, 2.05) is 0 Å². The lowest BCUT2D eigenvalue weighted by molar-refractivity contribution is -0.0453. The van der Waals surface area contributed by atoms with Crippen LogP contribution in [0.25, 0.3) is 0 Å². The van der Waals surface area contributed by atoms with Crippen LogP contribution in [0.2, 0.25) is 0 Å². The van der Waals surface area contributed by atoms with Crippen LogP contribution in [-0.2, 0) is 4.74 Å². The van der Waals surface area contributed by atoms with Gasteiger partial charge in [-0.05, 0) is 0 Å². The summed E-state index contributed by atoms with van der Waals surface area (Å²) in [5, 5.41) is 18.3. The minimum atomic E-state index is -0.716. The maximum Gasteiger partial charge on any atom is 0.327 e. The van der Waals surface area contributed by atoms with Crippen LogP contribution in [0.3, 0.4) is 0 Å². The Balaban J connectivity index is 2.16. The van der Waals surface area contributed by atoms with Crippen molar-refractivity contribution in [3.05, 3.63) is 22.9 Å². The number of aliphatic hydroxyl groups is 2. The second kappa shape index (κ2) is 3.56. The molecular formula is C8H12N2O4. The highest BCUT2D eigenvalue weighted by molar-refractivity contribution is 4.85. The first kappa shape index (κ1) is 9.45. The van der Waals surface area contributed by atoms with Crippen LogP contribution < -0.4 is 5.69 Å². The van der Waals surface area contributed by atoms with E-state index in [0.717, 1.165) is 0 Å². The van der Waals surface area contributed by atoms with Crippen LogP contribution in [0.1, 0.15) is 12.6 Å².